The molecule has 234 valence electrons. The molecule has 0 spiro atoms. The van der Waals surface area contributed by atoms with Crippen LogP contribution in [0, 0.1) is 19.0 Å². The van der Waals surface area contributed by atoms with Gasteiger partial charge in [-0.15, -0.1) is 0 Å². The van der Waals surface area contributed by atoms with Crippen LogP contribution < -0.4 is 4.43 Å². The van der Waals surface area contributed by atoms with Crippen LogP contribution in [0.1, 0.15) is 71.8 Å². The third-order valence-corrected chi connectivity index (χ3v) is 14.4. The summed E-state index contributed by atoms with van der Waals surface area (Å²) in [6.45, 7) is 12.1. The molecule has 2 unspecified atom stereocenters. The molecule has 0 saturated carbocycles. The molecule has 2 saturated heterocycles. The van der Waals surface area contributed by atoms with E-state index >= 15 is 4.39 Å². The molecular formula is C30H38F2I2N4O4Si. The van der Waals surface area contributed by atoms with Gasteiger partial charge in [0.1, 0.15) is 24.4 Å². The number of benzene rings is 2. The van der Waals surface area contributed by atoms with E-state index in [1.807, 2.05) is 33.3 Å². The van der Waals surface area contributed by atoms with Crippen molar-refractivity contribution in [1.82, 2.24) is 19.6 Å². The highest BCUT2D eigenvalue weighted by Gasteiger charge is 2.40. The third-order valence-electron chi connectivity index (χ3n) is 8.46. The summed E-state index contributed by atoms with van der Waals surface area (Å²) in [4.78, 5) is 0. The summed E-state index contributed by atoms with van der Waals surface area (Å²) in [5.41, 5.74) is 1.18. The normalized spacial score (nSPS) is 19.8. The summed E-state index contributed by atoms with van der Waals surface area (Å²) >= 11 is 4.14. The Morgan fingerprint density at radius 2 is 1.53 bits per heavy atom. The molecule has 2 aromatic carbocycles. The maximum atomic E-state index is 15.2. The second kappa shape index (κ2) is 13.0. The lowest BCUT2D eigenvalue weighted by Crippen LogP contribution is -2.44. The van der Waals surface area contributed by atoms with Crippen molar-refractivity contribution in [3.8, 4) is 11.5 Å². The van der Waals surface area contributed by atoms with Crippen molar-refractivity contribution < 1.29 is 27.8 Å². The number of hydrogen-bond donors (Lipinski definition) is 1. The Morgan fingerprint density at radius 1 is 0.930 bits per heavy atom. The number of aromatic nitrogens is 4. The number of rotatable bonds is 4. The fourth-order valence-corrected chi connectivity index (χ4v) is 7.48. The highest BCUT2D eigenvalue weighted by molar-refractivity contribution is 14.1. The predicted molar refractivity (Wildman–Crippen MR) is 182 cm³/mol. The lowest BCUT2D eigenvalue weighted by molar-refractivity contribution is -0.0371. The lowest BCUT2D eigenvalue weighted by atomic mass is 10.2. The molecule has 43 heavy (non-hydrogen) atoms. The molecule has 0 aliphatic carbocycles. The van der Waals surface area contributed by atoms with Gasteiger partial charge in [0, 0.05) is 24.7 Å². The number of aromatic hydroxyl groups is 1. The molecule has 2 aliphatic heterocycles. The first kappa shape index (κ1) is 32.8. The summed E-state index contributed by atoms with van der Waals surface area (Å²) in [6.07, 6.45) is 5.72. The van der Waals surface area contributed by atoms with E-state index in [0.717, 1.165) is 56.7 Å². The monoisotopic (exact) mass is 838 g/mol. The molecule has 1 N–H and O–H groups in total. The molecule has 2 atom stereocenters. The van der Waals surface area contributed by atoms with Crippen molar-refractivity contribution in [2.45, 2.75) is 89.9 Å². The van der Waals surface area contributed by atoms with Gasteiger partial charge < -0.3 is 19.0 Å². The van der Waals surface area contributed by atoms with Gasteiger partial charge in [0.05, 0.1) is 10.9 Å². The van der Waals surface area contributed by atoms with Crippen LogP contribution in [0.2, 0.25) is 18.1 Å². The molecular weight excluding hydrogens is 800 g/mol. The van der Waals surface area contributed by atoms with Crippen LogP contribution in [0.15, 0.2) is 24.3 Å². The third kappa shape index (κ3) is 6.84. The van der Waals surface area contributed by atoms with Crippen molar-refractivity contribution in [2.24, 2.45) is 0 Å². The van der Waals surface area contributed by atoms with E-state index in [-0.39, 0.29) is 29.1 Å². The zero-order chi connectivity index (χ0) is 31.1. The Balaban J connectivity index is 0.000000180. The number of phenols is 1. The van der Waals surface area contributed by atoms with Crippen molar-refractivity contribution in [2.75, 3.05) is 13.2 Å². The zero-order valence-corrected chi connectivity index (χ0v) is 30.4. The van der Waals surface area contributed by atoms with Crippen LogP contribution in [0.25, 0.3) is 21.8 Å². The van der Waals surface area contributed by atoms with E-state index in [1.54, 1.807) is 10.7 Å². The van der Waals surface area contributed by atoms with E-state index in [9.17, 15) is 9.50 Å². The average molecular weight is 839 g/mol. The van der Waals surface area contributed by atoms with Gasteiger partial charge in [-0.05, 0) is 120 Å². The predicted octanol–water partition coefficient (Wildman–Crippen LogP) is 9.05. The molecule has 2 aromatic heterocycles. The maximum absolute atomic E-state index is 15.2. The second-order valence-electron chi connectivity index (χ2n) is 12.6. The molecule has 0 bridgehead atoms. The van der Waals surface area contributed by atoms with Gasteiger partial charge in [0.15, 0.2) is 24.1 Å². The Hall–Kier alpha value is -1.56. The van der Waals surface area contributed by atoms with Crippen molar-refractivity contribution >= 4 is 75.3 Å². The first-order chi connectivity index (χ1) is 20.3. The maximum Gasteiger partial charge on any atom is 0.250 e. The minimum Gasteiger partial charge on any atom is -0.542 e. The van der Waals surface area contributed by atoms with E-state index in [4.69, 9.17) is 13.9 Å². The van der Waals surface area contributed by atoms with Crippen LogP contribution in [0.3, 0.4) is 0 Å². The number of fused-ring (bicyclic) bond motifs is 2. The van der Waals surface area contributed by atoms with Gasteiger partial charge in [0.25, 0.3) is 8.32 Å². The van der Waals surface area contributed by atoms with Crippen LogP contribution in [-0.2, 0) is 9.47 Å². The van der Waals surface area contributed by atoms with Gasteiger partial charge >= 0.3 is 0 Å². The Morgan fingerprint density at radius 3 is 2.12 bits per heavy atom. The number of hydrogen-bond acceptors (Lipinski definition) is 6. The van der Waals surface area contributed by atoms with E-state index in [2.05, 4.69) is 66.7 Å². The van der Waals surface area contributed by atoms with E-state index in [1.165, 1.54) is 6.07 Å². The lowest BCUT2D eigenvalue weighted by Gasteiger charge is -2.36. The highest BCUT2D eigenvalue weighted by atomic mass is 127. The van der Waals surface area contributed by atoms with Gasteiger partial charge in [-0.2, -0.15) is 10.2 Å². The topological polar surface area (TPSA) is 83.6 Å². The minimum atomic E-state index is -2.10. The smallest absolute Gasteiger partial charge is 0.250 e. The number of halogens is 4. The number of nitrogens with zero attached hydrogens (tertiary/aromatic N) is 4. The summed E-state index contributed by atoms with van der Waals surface area (Å²) in [5, 5.41) is 19.5. The fraction of sp³-hybridized carbons (Fsp3) is 0.533. The summed E-state index contributed by atoms with van der Waals surface area (Å²) in [5.74, 6) is -0.522. The summed E-state index contributed by atoms with van der Waals surface area (Å²) < 4.78 is 51.7. The molecule has 13 heteroatoms. The fourth-order valence-electron chi connectivity index (χ4n) is 5.07. The minimum absolute atomic E-state index is 0.0155. The first-order valence-electron chi connectivity index (χ1n) is 14.6. The van der Waals surface area contributed by atoms with Gasteiger partial charge in [-0.25, -0.2) is 18.1 Å². The standard InChI is InChI=1S/C18H26FIN2O2Si.C12H12FIN2O2/c1-18(2,3)25(4,5)24-13-10-9-12-15(16(13)19)17(20)21-22(12)14-8-6-7-11-23-14;13-9-6-7(17)5-8-11(9)16(15-12(8)14)10-3-1-2-4-18-10/h9-10,14H,6-8,11H2,1-5H3;5-6,10,17H,1-4H2. The quantitative estimate of drug-likeness (QED) is 0.163. The molecule has 0 amide bonds. The van der Waals surface area contributed by atoms with Gasteiger partial charge in [0.2, 0.25) is 0 Å². The molecule has 2 fully saturated rings. The molecule has 2 aliphatic rings. The number of phenolic OH excluding ortho intramolecular Hbond substituents is 1. The average Bonchev–Trinajstić information content (AvgIpc) is 3.48. The second-order valence-corrected chi connectivity index (χ2v) is 19.3. The van der Waals surface area contributed by atoms with Crippen molar-refractivity contribution in [1.29, 1.82) is 0 Å². The van der Waals surface area contributed by atoms with E-state index in [0.29, 0.717) is 36.0 Å². The Kier molecular flexibility index (Phi) is 9.96. The van der Waals surface area contributed by atoms with Crippen LogP contribution in [0.4, 0.5) is 8.78 Å². The first-order valence-corrected chi connectivity index (χ1v) is 19.7. The summed E-state index contributed by atoms with van der Waals surface area (Å²) in [6, 6.07) is 6.30. The molecule has 4 heterocycles. The van der Waals surface area contributed by atoms with Crippen LogP contribution >= 0.6 is 45.2 Å². The van der Waals surface area contributed by atoms with Crippen molar-refractivity contribution in [3.05, 3.63) is 43.3 Å². The molecule has 4 aromatic rings. The molecule has 8 nitrogen and oxygen atoms in total. The van der Waals surface area contributed by atoms with E-state index < -0.39 is 14.1 Å². The zero-order valence-electron chi connectivity index (χ0n) is 25.1. The molecule has 6 rings (SSSR count). The Labute approximate surface area is 278 Å². The SMILES string of the molecule is CC(C)(C)[Si](C)(C)Oc1ccc2c(c(I)nn2C2CCCCO2)c1F.Oc1cc(F)c2c(c1)c(I)nn2C1CCCCO1. The number of ether oxygens (including phenoxy) is 2. The van der Waals surface area contributed by atoms with Gasteiger partial charge in [-0.3, -0.25) is 0 Å². The molecule has 0 radical (unpaired) electrons. The Bertz CT molecular complexity index is 1610. The van der Waals surface area contributed by atoms with Crippen LogP contribution in [0.5, 0.6) is 11.5 Å². The summed E-state index contributed by atoms with van der Waals surface area (Å²) in [7, 11) is -2.10. The van der Waals surface area contributed by atoms with Crippen molar-refractivity contribution in [3.63, 3.8) is 0 Å². The largest absolute Gasteiger partial charge is 0.542 e. The van der Waals surface area contributed by atoms with Gasteiger partial charge in [-0.1, -0.05) is 20.8 Å². The highest BCUT2D eigenvalue weighted by Crippen LogP contribution is 2.40. The van der Waals surface area contributed by atoms with Crippen LogP contribution in [-0.4, -0.2) is 46.2 Å².